The highest BCUT2D eigenvalue weighted by Gasteiger charge is 2.38. The number of hydrogen-bond acceptors (Lipinski definition) is 15. The van der Waals surface area contributed by atoms with Gasteiger partial charge < -0.3 is 63.6 Å². The summed E-state index contributed by atoms with van der Waals surface area (Å²) in [6.07, 6.45) is -2.15. The predicted molar refractivity (Wildman–Crippen MR) is 251 cm³/mol. The lowest BCUT2D eigenvalue weighted by Gasteiger charge is -2.35. The molecule has 0 spiro atoms. The summed E-state index contributed by atoms with van der Waals surface area (Å²) >= 11 is 0. The summed E-state index contributed by atoms with van der Waals surface area (Å²) in [5.41, 5.74) is 11.8. The second-order valence-electron chi connectivity index (χ2n) is 17.1. The molecular formula is C45H65N13O13. The van der Waals surface area contributed by atoms with Crippen LogP contribution in [0.4, 0.5) is 0 Å². The summed E-state index contributed by atoms with van der Waals surface area (Å²) < 4.78 is 0. The molecule has 26 heteroatoms. The maximum Gasteiger partial charge on any atom is 0.245 e. The lowest BCUT2D eigenvalue weighted by molar-refractivity contribution is -0.144. The molecule has 7 atom stereocenters. The largest absolute Gasteiger partial charge is 0.508 e. The van der Waals surface area contributed by atoms with Crippen LogP contribution in [-0.4, -0.2) is 167 Å². The number of benzene rings is 2. The van der Waals surface area contributed by atoms with E-state index >= 15 is 0 Å². The maximum atomic E-state index is 14.3. The molecule has 0 saturated carbocycles. The van der Waals surface area contributed by atoms with Crippen molar-refractivity contribution in [2.45, 2.75) is 95.0 Å². The minimum atomic E-state index is -1.83. The van der Waals surface area contributed by atoms with Gasteiger partial charge in [0.15, 0.2) is 0 Å². The van der Waals surface area contributed by atoms with Crippen LogP contribution in [0, 0.1) is 5.92 Å². The van der Waals surface area contributed by atoms with Crippen LogP contribution < -0.4 is 54.5 Å². The molecule has 15 N–H and O–H groups in total. The first-order valence-corrected chi connectivity index (χ1v) is 22.6. The monoisotopic (exact) mass is 995 g/mol. The van der Waals surface area contributed by atoms with Gasteiger partial charge in [-0.1, -0.05) is 62.7 Å². The summed E-state index contributed by atoms with van der Waals surface area (Å²) in [6.45, 7) is 1.02. The Hall–Kier alpha value is -7.71. The third kappa shape index (κ3) is 19.3. The van der Waals surface area contributed by atoms with Gasteiger partial charge in [0.1, 0.15) is 42.0 Å². The topological polar surface area (TPSA) is 400 Å². The number of nitrogens with two attached hydrogens (primary N) is 3. The van der Waals surface area contributed by atoms with Gasteiger partial charge in [-0.25, -0.2) is 5.84 Å². The number of phenols is 1. The van der Waals surface area contributed by atoms with E-state index < -0.39 is 159 Å². The molecule has 0 radical (unpaired) electrons. The van der Waals surface area contributed by atoms with Crippen molar-refractivity contribution in [2.75, 3.05) is 40.3 Å². The number of amides is 11. The van der Waals surface area contributed by atoms with Crippen LogP contribution in [0.25, 0.3) is 0 Å². The summed E-state index contributed by atoms with van der Waals surface area (Å²) in [4.78, 5) is 150. The lowest BCUT2D eigenvalue weighted by atomic mass is 9.95. The van der Waals surface area contributed by atoms with Crippen LogP contribution in [0.15, 0.2) is 54.6 Å². The number of carbonyl (C=O) groups is 11. The van der Waals surface area contributed by atoms with Crippen molar-refractivity contribution < 1.29 is 63.1 Å². The predicted octanol–water partition coefficient (Wildman–Crippen LogP) is -4.73. The second-order valence-corrected chi connectivity index (χ2v) is 17.1. The van der Waals surface area contributed by atoms with Gasteiger partial charge in [0.25, 0.3) is 0 Å². The van der Waals surface area contributed by atoms with Crippen molar-refractivity contribution in [1.82, 2.24) is 52.2 Å². The third-order valence-corrected chi connectivity index (χ3v) is 11.4. The number of aromatic hydroxyl groups is 1. The highest BCUT2D eigenvalue weighted by molar-refractivity contribution is 5.99. The van der Waals surface area contributed by atoms with Gasteiger partial charge in [-0.05, 0) is 42.0 Å². The van der Waals surface area contributed by atoms with E-state index in [-0.39, 0.29) is 23.8 Å². The maximum absolute atomic E-state index is 14.3. The zero-order valence-corrected chi connectivity index (χ0v) is 40.0. The Balaban J connectivity index is 2.03. The molecule has 1 saturated heterocycles. The van der Waals surface area contributed by atoms with Gasteiger partial charge in [0.2, 0.25) is 65.0 Å². The standard InChI is InChI=1S/C45H65N13O13/c1-5-25(2)39-43(68)53-29(17-18-58(48)71)41(66)55-32(21-34(46)60)42(67)54-30(15-16-36(62)49-23-37(63)52-33(45(70)57(39)4)20-27-11-13-28(59)14-12-27)44(69)56(3)24-38(64)51-31(40(65)50-22-35(47)61)19-26-9-7-6-8-10-26/h6-14,25,29-33,39,59,71H,5,15-24,48H2,1-4H3,(H2,46,60)(H2,47,61)(H,49,62)(H,50,65)(H,51,64)(H,52,63)(H,53,68)(H,54,67)(H,55,66). The zero-order chi connectivity index (χ0) is 52.9. The number of hydrogen-bond donors (Lipinski definition) is 12. The summed E-state index contributed by atoms with van der Waals surface area (Å²) in [5.74, 6) is -5.34. The molecule has 388 valence electrons. The van der Waals surface area contributed by atoms with E-state index in [1.54, 1.807) is 44.2 Å². The number of likely N-dealkylation sites (N-methyl/N-ethyl adjacent to an activating group) is 2. The SMILES string of the molecule is CCC(C)C1C(=O)NC(CCN(N)O)C(=O)NC(CC(N)=O)C(=O)NC(C(=O)N(C)CC(=O)NC(Cc2ccccc2)C(=O)NCC(N)=O)CCC(=O)NCC(=O)NC(Cc2ccc(O)cc2)C(=O)N1C. The first-order chi connectivity index (χ1) is 33.5. The van der Waals surface area contributed by atoms with Crippen LogP contribution in [-0.2, 0) is 65.6 Å². The van der Waals surface area contributed by atoms with Crippen LogP contribution in [0.2, 0.25) is 0 Å². The number of phenolic OH excluding ortho intramolecular Hbond substituents is 1. The van der Waals surface area contributed by atoms with Crippen LogP contribution in [0.3, 0.4) is 0 Å². The van der Waals surface area contributed by atoms with E-state index in [2.05, 4.69) is 37.2 Å². The Morgan fingerprint density at radius 1 is 0.831 bits per heavy atom. The van der Waals surface area contributed by atoms with E-state index in [4.69, 9.17) is 17.3 Å². The molecule has 2 aromatic carbocycles. The quantitative estimate of drug-likeness (QED) is 0.0493. The minimum absolute atomic E-state index is 0.0342. The van der Waals surface area contributed by atoms with Gasteiger partial charge in [-0.3, -0.25) is 57.9 Å². The number of primary amides is 2. The molecule has 26 nitrogen and oxygen atoms in total. The van der Waals surface area contributed by atoms with E-state index in [0.717, 1.165) is 9.80 Å². The fraction of sp³-hybridized carbons (Fsp3) is 0.489. The Bertz CT molecular complexity index is 2230. The normalized spacial score (nSPS) is 20.7. The molecule has 3 rings (SSSR count). The van der Waals surface area contributed by atoms with E-state index in [1.165, 1.54) is 38.4 Å². The van der Waals surface area contributed by atoms with Crippen molar-refractivity contribution in [3.63, 3.8) is 0 Å². The zero-order valence-electron chi connectivity index (χ0n) is 40.0. The van der Waals surface area contributed by atoms with Gasteiger partial charge >= 0.3 is 0 Å². The summed E-state index contributed by atoms with van der Waals surface area (Å²) in [5, 5.41) is 37.0. The van der Waals surface area contributed by atoms with Gasteiger partial charge in [0, 0.05) is 39.9 Å². The summed E-state index contributed by atoms with van der Waals surface area (Å²) in [7, 11) is 2.49. The van der Waals surface area contributed by atoms with Crippen molar-refractivity contribution >= 4 is 65.0 Å². The molecule has 0 bridgehead atoms. The minimum Gasteiger partial charge on any atom is -0.508 e. The first-order valence-electron chi connectivity index (χ1n) is 22.6. The molecule has 0 aromatic heterocycles. The van der Waals surface area contributed by atoms with Gasteiger partial charge in [0.05, 0.1) is 26.1 Å². The first kappa shape index (κ1) is 57.6. The highest BCUT2D eigenvalue weighted by Crippen LogP contribution is 2.19. The van der Waals surface area contributed by atoms with E-state index in [0.29, 0.717) is 17.5 Å². The van der Waals surface area contributed by atoms with Crippen LogP contribution in [0.5, 0.6) is 5.75 Å². The molecule has 1 aliphatic rings. The van der Waals surface area contributed by atoms with Crippen molar-refractivity contribution in [3.8, 4) is 5.75 Å². The van der Waals surface area contributed by atoms with Gasteiger partial charge in [-0.15, -0.1) is 5.17 Å². The Morgan fingerprint density at radius 2 is 1.46 bits per heavy atom. The molecular weight excluding hydrogens is 931 g/mol. The Labute approximate surface area is 409 Å². The fourth-order valence-electron chi connectivity index (χ4n) is 7.43. The molecule has 11 amide bonds. The molecule has 1 heterocycles. The molecule has 1 aliphatic heterocycles. The molecule has 71 heavy (non-hydrogen) atoms. The smallest absolute Gasteiger partial charge is 0.245 e. The summed E-state index contributed by atoms with van der Waals surface area (Å²) in [6, 6.07) is 5.26. The molecule has 1 fully saturated rings. The second kappa shape index (κ2) is 28.1. The van der Waals surface area contributed by atoms with Crippen LogP contribution in [0.1, 0.15) is 57.1 Å². The number of hydroxylamine groups is 1. The highest BCUT2D eigenvalue weighted by atomic mass is 16.5. The number of nitrogens with one attached hydrogen (secondary N) is 7. The number of hydrazine groups is 1. The molecule has 2 aromatic rings. The molecule has 0 aliphatic carbocycles. The van der Waals surface area contributed by atoms with Crippen molar-refractivity contribution in [3.05, 3.63) is 65.7 Å². The van der Waals surface area contributed by atoms with E-state index in [9.17, 15) is 63.1 Å². The van der Waals surface area contributed by atoms with Crippen LogP contribution >= 0.6 is 0 Å². The third-order valence-electron chi connectivity index (χ3n) is 11.4. The number of carbonyl (C=O) groups excluding carboxylic acids is 11. The average molecular weight is 996 g/mol. The molecule has 7 unspecified atom stereocenters. The number of nitrogens with zero attached hydrogens (tertiary/aromatic N) is 3. The fourth-order valence-corrected chi connectivity index (χ4v) is 7.43. The Morgan fingerprint density at radius 3 is 2.07 bits per heavy atom. The van der Waals surface area contributed by atoms with Crippen molar-refractivity contribution in [2.24, 2.45) is 23.2 Å². The number of rotatable bonds is 18. The average Bonchev–Trinajstić information content (AvgIpc) is 3.31. The Kier molecular flexibility index (Phi) is 22.8. The van der Waals surface area contributed by atoms with E-state index in [1.807, 2.05) is 0 Å². The van der Waals surface area contributed by atoms with Gasteiger partial charge in [-0.2, -0.15) is 0 Å². The van der Waals surface area contributed by atoms with Crippen molar-refractivity contribution in [1.29, 1.82) is 0 Å². The lowest BCUT2D eigenvalue weighted by Crippen LogP contribution is -2.61.